The molecule has 0 saturated heterocycles. The zero-order valence-corrected chi connectivity index (χ0v) is 11.9. The highest BCUT2D eigenvalue weighted by atomic mass is 32.2. The molecule has 0 fully saturated rings. The Labute approximate surface area is 112 Å². The van der Waals surface area contributed by atoms with Gasteiger partial charge < -0.3 is 5.32 Å². The monoisotopic (exact) mass is 286 g/mol. The van der Waals surface area contributed by atoms with Crippen LogP contribution in [0.15, 0.2) is 18.2 Å². The predicted octanol–water partition coefficient (Wildman–Crippen LogP) is 1.43. The van der Waals surface area contributed by atoms with Crippen molar-refractivity contribution in [2.75, 3.05) is 18.1 Å². The molecule has 1 aromatic rings. The summed E-state index contributed by atoms with van der Waals surface area (Å²) < 4.78 is 22.6. The number of nitrogens with zero attached hydrogens (tertiary/aromatic N) is 1. The predicted molar refractivity (Wildman–Crippen MR) is 73.9 cm³/mol. The second-order valence-electron chi connectivity index (χ2n) is 4.23. The summed E-state index contributed by atoms with van der Waals surface area (Å²) in [5.74, 6) is 0.210. The summed E-state index contributed by atoms with van der Waals surface area (Å²) in [5, 5.41) is 13.8. The fourth-order valence-electron chi connectivity index (χ4n) is 1.65. The Morgan fingerprint density at radius 3 is 2.63 bits per heavy atom. The molecule has 0 radical (unpaired) electrons. The van der Waals surface area contributed by atoms with Gasteiger partial charge >= 0.3 is 0 Å². The zero-order valence-electron chi connectivity index (χ0n) is 11.0. The summed E-state index contributed by atoms with van der Waals surface area (Å²) in [4.78, 5) is 10.4. The van der Waals surface area contributed by atoms with Gasteiger partial charge in [0.15, 0.2) is 9.84 Å². The SMILES string of the molecule is CCS(=O)(=O)CCNCc1cccc([N+](=O)[O-])c1C. The Bertz CT molecular complexity index is 555. The molecule has 0 spiro atoms. The molecule has 1 aromatic carbocycles. The van der Waals surface area contributed by atoms with E-state index in [1.54, 1.807) is 26.0 Å². The van der Waals surface area contributed by atoms with Crippen LogP contribution < -0.4 is 5.32 Å². The van der Waals surface area contributed by atoms with Crippen LogP contribution in [-0.2, 0) is 16.4 Å². The number of benzene rings is 1. The Hall–Kier alpha value is -1.47. The van der Waals surface area contributed by atoms with Crippen LogP contribution in [0.2, 0.25) is 0 Å². The molecule has 0 aliphatic rings. The van der Waals surface area contributed by atoms with E-state index in [4.69, 9.17) is 0 Å². The molecule has 0 aliphatic carbocycles. The van der Waals surface area contributed by atoms with Crippen molar-refractivity contribution in [1.29, 1.82) is 0 Å². The summed E-state index contributed by atoms with van der Waals surface area (Å²) in [6.07, 6.45) is 0. The number of hydrogen-bond donors (Lipinski definition) is 1. The highest BCUT2D eigenvalue weighted by Gasteiger charge is 2.13. The fourth-order valence-corrected chi connectivity index (χ4v) is 2.40. The first-order valence-electron chi connectivity index (χ1n) is 6.01. The van der Waals surface area contributed by atoms with Crippen molar-refractivity contribution in [3.63, 3.8) is 0 Å². The van der Waals surface area contributed by atoms with Crippen LogP contribution in [-0.4, -0.2) is 31.4 Å². The highest BCUT2D eigenvalue weighted by molar-refractivity contribution is 7.91. The Morgan fingerprint density at radius 2 is 2.05 bits per heavy atom. The molecular weight excluding hydrogens is 268 g/mol. The highest BCUT2D eigenvalue weighted by Crippen LogP contribution is 2.20. The van der Waals surface area contributed by atoms with Crippen LogP contribution in [0.1, 0.15) is 18.1 Å². The maximum atomic E-state index is 11.3. The number of rotatable bonds is 7. The van der Waals surface area contributed by atoms with E-state index in [-0.39, 0.29) is 17.2 Å². The molecule has 7 heteroatoms. The van der Waals surface area contributed by atoms with Gasteiger partial charge in [-0.05, 0) is 12.5 Å². The third-order valence-electron chi connectivity index (χ3n) is 2.96. The third-order valence-corrected chi connectivity index (χ3v) is 4.66. The molecule has 0 aliphatic heterocycles. The zero-order chi connectivity index (χ0) is 14.5. The molecule has 0 aromatic heterocycles. The minimum absolute atomic E-state index is 0.0808. The van der Waals surface area contributed by atoms with E-state index in [9.17, 15) is 18.5 Å². The van der Waals surface area contributed by atoms with Gasteiger partial charge in [-0.25, -0.2) is 8.42 Å². The Balaban J connectivity index is 2.60. The molecule has 1 rings (SSSR count). The molecule has 1 N–H and O–H groups in total. The number of nitro benzene ring substituents is 1. The minimum Gasteiger partial charge on any atom is -0.312 e. The van der Waals surface area contributed by atoms with Crippen molar-refractivity contribution in [3.05, 3.63) is 39.4 Å². The molecule has 0 atom stereocenters. The summed E-state index contributed by atoms with van der Waals surface area (Å²) in [6.45, 7) is 4.07. The largest absolute Gasteiger partial charge is 0.312 e. The van der Waals surface area contributed by atoms with Crippen LogP contribution in [0.5, 0.6) is 0 Å². The van der Waals surface area contributed by atoms with Crippen LogP contribution in [0.3, 0.4) is 0 Å². The average molecular weight is 286 g/mol. The van der Waals surface area contributed by atoms with Crippen molar-refractivity contribution in [3.8, 4) is 0 Å². The van der Waals surface area contributed by atoms with Gasteiger partial charge in [0, 0.05) is 30.5 Å². The Kier molecular flexibility index (Phi) is 5.44. The molecular formula is C12H18N2O4S. The second-order valence-corrected chi connectivity index (χ2v) is 6.70. The van der Waals surface area contributed by atoms with Crippen molar-refractivity contribution in [2.24, 2.45) is 0 Å². The first-order chi connectivity index (χ1) is 8.87. The van der Waals surface area contributed by atoms with Gasteiger partial charge in [-0.15, -0.1) is 0 Å². The van der Waals surface area contributed by atoms with Gasteiger partial charge in [0.2, 0.25) is 0 Å². The van der Waals surface area contributed by atoms with E-state index in [2.05, 4.69) is 5.32 Å². The lowest BCUT2D eigenvalue weighted by molar-refractivity contribution is -0.385. The molecule has 0 saturated carbocycles. The van der Waals surface area contributed by atoms with Crippen molar-refractivity contribution in [2.45, 2.75) is 20.4 Å². The van der Waals surface area contributed by atoms with Gasteiger partial charge in [0.1, 0.15) is 0 Å². The van der Waals surface area contributed by atoms with Crippen molar-refractivity contribution in [1.82, 2.24) is 5.32 Å². The topological polar surface area (TPSA) is 89.3 Å². The maximum absolute atomic E-state index is 11.3. The Morgan fingerprint density at radius 1 is 1.37 bits per heavy atom. The van der Waals surface area contributed by atoms with E-state index in [1.807, 2.05) is 0 Å². The molecule has 106 valence electrons. The normalized spacial score (nSPS) is 11.5. The van der Waals surface area contributed by atoms with Crippen LogP contribution in [0, 0.1) is 17.0 Å². The molecule has 0 bridgehead atoms. The number of hydrogen-bond acceptors (Lipinski definition) is 5. The smallest absolute Gasteiger partial charge is 0.272 e. The summed E-state index contributed by atoms with van der Waals surface area (Å²) in [5.41, 5.74) is 1.50. The van der Waals surface area contributed by atoms with Crippen molar-refractivity contribution < 1.29 is 13.3 Å². The standard InChI is InChI=1S/C12H18N2O4S/c1-3-19(17,18)8-7-13-9-11-5-4-6-12(10(11)2)14(15)16/h4-6,13H,3,7-9H2,1-2H3. The molecule has 19 heavy (non-hydrogen) atoms. The van der Waals surface area contributed by atoms with Crippen molar-refractivity contribution >= 4 is 15.5 Å². The van der Waals surface area contributed by atoms with Crippen LogP contribution in [0.25, 0.3) is 0 Å². The lowest BCUT2D eigenvalue weighted by Gasteiger charge is -2.08. The summed E-state index contributed by atoms with van der Waals surface area (Å²) >= 11 is 0. The number of nitro groups is 1. The van der Waals surface area contributed by atoms with E-state index in [0.717, 1.165) is 5.56 Å². The maximum Gasteiger partial charge on any atom is 0.272 e. The van der Waals surface area contributed by atoms with E-state index >= 15 is 0 Å². The lowest BCUT2D eigenvalue weighted by atomic mass is 10.1. The summed E-state index contributed by atoms with van der Waals surface area (Å²) in [6, 6.07) is 4.88. The van der Waals surface area contributed by atoms with Gasteiger partial charge in [0.25, 0.3) is 5.69 Å². The molecule has 0 unspecified atom stereocenters. The van der Waals surface area contributed by atoms with Gasteiger partial charge in [0.05, 0.1) is 10.7 Å². The molecule has 0 amide bonds. The van der Waals surface area contributed by atoms with Gasteiger partial charge in [-0.1, -0.05) is 19.1 Å². The van der Waals surface area contributed by atoms with E-state index < -0.39 is 14.8 Å². The molecule has 6 nitrogen and oxygen atoms in total. The lowest BCUT2D eigenvalue weighted by Crippen LogP contribution is -2.23. The van der Waals surface area contributed by atoms with Gasteiger partial charge in [-0.2, -0.15) is 0 Å². The van der Waals surface area contributed by atoms with E-state index in [0.29, 0.717) is 18.7 Å². The first kappa shape index (κ1) is 15.6. The summed E-state index contributed by atoms with van der Waals surface area (Å²) in [7, 11) is -2.98. The second kappa shape index (κ2) is 6.63. The van der Waals surface area contributed by atoms with E-state index in [1.165, 1.54) is 6.07 Å². The van der Waals surface area contributed by atoms with Gasteiger partial charge in [-0.3, -0.25) is 10.1 Å². The van der Waals surface area contributed by atoms with Crippen LogP contribution in [0.4, 0.5) is 5.69 Å². The number of sulfone groups is 1. The number of nitrogens with one attached hydrogen (secondary N) is 1. The minimum atomic E-state index is -2.98. The quantitative estimate of drug-likeness (QED) is 0.465. The molecule has 0 heterocycles. The third kappa shape index (κ3) is 4.60. The van der Waals surface area contributed by atoms with Crippen LogP contribution >= 0.6 is 0 Å². The average Bonchev–Trinajstić information content (AvgIpc) is 2.36. The first-order valence-corrected chi connectivity index (χ1v) is 7.83. The fraction of sp³-hybridized carbons (Fsp3) is 0.500.